The lowest BCUT2D eigenvalue weighted by Gasteiger charge is -2.30. The predicted octanol–water partition coefficient (Wildman–Crippen LogP) is 1.95. The summed E-state index contributed by atoms with van der Waals surface area (Å²) in [6.45, 7) is 0. The minimum atomic E-state index is 0.0735. The Bertz CT molecular complexity index is 185. The van der Waals surface area contributed by atoms with Gasteiger partial charge in [-0.1, -0.05) is 6.42 Å². The molecular weight excluding hydrogens is 136 g/mol. The van der Waals surface area contributed by atoms with Crippen LogP contribution in [0.1, 0.15) is 38.5 Å². The van der Waals surface area contributed by atoms with E-state index in [0.29, 0.717) is 11.3 Å². The topological polar surface area (TPSA) is 20.2 Å². The highest BCUT2D eigenvalue weighted by molar-refractivity contribution is 5.07. The maximum atomic E-state index is 9.66. The van der Waals surface area contributed by atoms with Crippen molar-refractivity contribution in [3.8, 4) is 0 Å². The summed E-state index contributed by atoms with van der Waals surface area (Å²) in [5, 5.41) is 9.66. The molecule has 0 saturated heterocycles. The number of fused-ring (bicyclic) bond motifs is 1. The maximum Gasteiger partial charge on any atom is 0.0574 e. The molecule has 3 rings (SSSR count). The molecule has 0 heterocycles. The summed E-state index contributed by atoms with van der Waals surface area (Å²) >= 11 is 0. The fraction of sp³-hybridized carbons (Fsp3) is 1.00. The van der Waals surface area contributed by atoms with Crippen molar-refractivity contribution in [2.24, 2.45) is 17.3 Å². The Balaban J connectivity index is 1.95. The average molecular weight is 152 g/mol. The molecule has 2 bridgehead atoms. The van der Waals surface area contributed by atoms with Crippen LogP contribution in [0.5, 0.6) is 0 Å². The standard InChI is InChI=1S/C10H16O/c11-9-6-10-3-1-2-8(10)4-7(9)5-10/h7-9,11H,1-6H2. The Kier molecular flexibility index (Phi) is 1.07. The third-order valence-electron chi connectivity index (χ3n) is 4.51. The van der Waals surface area contributed by atoms with Crippen molar-refractivity contribution in [3.05, 3.63) is 0 Å². The van der Waals surface area contributed by atoms with Gasteiger partial charge in [0, 0.05) is 0 Å². The van der Waals surface area contributed by atoms with E-state index in [1.807, 2.05) is 0 Å². The largest absolute Gasteiger partial charge is 0.393 e. The van der Waals surface area contributed by atoms with Crippen LogP contribution in [0.15, 0.2) is 0 Å². The molecule has 3 fully saturated rings. The molecule has 0 aromatic carbocycles. The number of aliphatic hydroxyl groups excluding tert-OH is 1. The van der Waals surface area contributed by atoms with E-state index in [0.717, 1.165) is 12.3 Å². The molecule has 4 unspecified atom stereocenters. The van der Waals surface area contributed by atoms with E-state index in [4.69, 9.17) is 0 Å². The highest BCUT2D eigenvalue weighted by Gasteiger charge is 2.57. The van der Waals surface area contributed by atoms with Crippen molar-refractivity contribution in [2.45, 2.75) is 44.6 Å². The van der Waals surface area contributed by atoms with Crippen molar-refractivity contribution in [3.63, 3.8) is 0 Å². The van der Waals surface area contributed by atoms with Gasteiger partial charge in [0.1, 0.15) is 0 Å². The van der Waals surface area contributed by atoms with Crippen LogP contribution in [0, 0.1) is 17.3 Å². The summed E-state index contributed by atoms with van der Waals surface area (Å²) in [5.41, 5.74) is 0.643. The van der Waals surface area contributed by atoms with Crippen molar-refractivity contribution >= 4 is 0 Å². The minimum absolute atomic E-state index is 0.0735. The van der Waals surface area contributed by atoms with Crippen molar-refractivity contribution in [1.29, 1.82) is 0 Å². The number of aliphatic hydroxyl groups is 1. The zero-order valence-electron chi connectivity index (χ0n) is 6.92. The lowest BCUT2D eigenvalue weighted by Crippen LogP contribution is -2.25. The minimum Gasteiger partial charge on any atom is -0.393 e. The number of rotatable bonds is 0. The normalized spacial score (nSPS) is 60.3. The van der Waals surface area contributed by atoms with E-state index in [1.165, 1.54) is 32.1 Å². The molecule has 11 heavy (non-hydrogen) atoms. The predicted molar refractivity (Wildman–Crippen MR) is 43.1 cm³/mol. The van der Waals surface area contributed by atoms with Gasteiger partial charge in [0.05, 0.1) is 6.10 Å². The molecule has 0 aliphatic heterocycles. The summed E-state index contributed by atoms with van der Waals surface area (Å²) < 4.78 is 0. The first kappa shape index (κ1) is 6.47. The van der Waals surface area contributed by atoms with Gasteiger partial charge in [0.2, 0.25) is 0 Å². The lowest BCUT2D eigenvalue weighted by atomic mass is 9.77. The molecule has 0 radical (unpaired) electrons. The van der Waals surface area contributed by atoms with Gasteiger partial charge in [0.15, 0.2) is 0 Å². The van der Waals surface area contributed by atoms with Gasteiger partial charge in [-0.2, -0.15) is 0 Å². The molecule has 1 heteroatoms. The van der Waals surface area contributed by atoms with Crippen molar-refractivity contribution in [1.82, 2.24) is 0 Å². The highest BCUT2D eigenvalue weighted by atomic mass is 16.3. The van der Waals surface area contributed by atoms with Crippen LogP contribution in [-0.2, 0) is 0 Å². The molecule has 1 N–H and O–H groups in total. The zero-order valence-corrected chi connectivity index (χ0v) is 6.92. The Morgan fingerprint density at radius 1 is 1.27 bits per heavy atom. The quantitative estimate of drug-likeness (QED) is 0.562. The summed E-state index contributed by atoms with van der Waals surface area (Å²) in [5.74, 6) is 1.70. The van der Waals surface area contributed by atoms with Crippen LogP contribution < -0.4 is 0 Å². The van der Waals surface area contributed by atoms with Gasteiger partial charge in [0.25, 0.3) is 0 Å². The molecule has 1 spiro atoms. The summed E-state index contributed by atoms with van der Waals surface area (Å²) in [6.07, 6.45) is 8.24. The van der Waals surface area contributed by atoms with Crippen LogP contribution in [0.3, 0.4) is 0 Å². The molecule has 62 valence electrons. The number of hydrogen-bond donors (Lipinski definition) is 1. The molecular formula is C10H16O. The smallest absolute Gasteiger partial charge is 0.0574 e. The third-order valence-corrected chi connectivity index (χ3v) is 4.51. The molecule has 3 aliphatic rings. The van der Waals surface area contributed by atoms with E-state index < -0.39 is 0 Å². The summed E-state index contributed by atoms with van der Waals surface area (Å²) in [7, 11) is 0. The van der Waals surface area contributed by atoms with Gasteiger partial charge in [-0.05, 0) is 49.4 Å². The molecule has 1 nitrogen and oxygen atoms in total. The molecule has 0 amide bonds. The summed E-state index contributed by atoms with van der Waals surface area (Å²) in [4.78, 5) is 0. The highest BCUT2D eigenvalue weighted by Crippen LogP contribution is 2.64. The Hall–Kier alpha value is -0.0400. The third kappa shape index (κ3) is 0.658. The van der Waals surface area contributed by atoms with Crippen LogP contribution >= 0.6 is 0 Å². The van der Waals surface area contributed by atoms with Crippen LogP contribution in [0.4, 0.5) is 0 Å². The Morgan fingerprint density at radius 3 is 3.00 bits per heavy atom. The molecule has 3 saturated carbocycles. The van der Waals surface area contributed by atoms with E-state index in [-0.39, 0.29) is 6.10 Å². The molecule has 4 atom stereocenters. The molecule has 0 aromatic rings. The fourth-order valence-corrected chi connectivity index (χ4v) is 4.05. The first-order valence-electron chi connectivity index (χ1n) is 4.98. The molecule has 0 aromatic heterocycles. The van der Waals surface area contributed by atoms with Gasteiger partial charge >= 0.3 is 0 Å². The van der Waals surface area contributed by atoms with Gasteiger partial charge in [-0.15, -0.1) is 0 Å². The van der Waals surface area contributed by atoms with Crippen molar-refractivity contribution < 1.29 is 5.11 Å². The van der Waals surface area contributed by atoms with E-state index in [1.54, 1.807) is 0 Å². The molecule has 3 aliphatic carbocycles. The van der Waals surface area contributed by atoms with Crippen LogP contribution in [0.2, 0.25) is 0 Å². The van der Waals surface area contributed by atoms with Crippen molar-refractivity contribution in [2.75, 3.05) is 0 Å². The fourth-order valence-electron chi connectivity index (χ4n) is 4.05. The Morgan fingerprint density at radius 2 is 2.18 bits per heavy atom. The second kappa shape index (κ2) is 1.82. The lowest BCUT2D eigenvalue weighted by molar-refractivity contribution is 0.0748. The van der Waals surface area contributed by atoms with E-state index >= 15 is 0 Å². The first-order chi connectivity index (χ1) is 5.30. The van der Waals surface area contributed by atoms with Gasteiger partial charge in [-0.3, -0.25) is 0 Å². The Labute approximate surface area is 67.8 Å². The SMILES string of the molecule is OC1CC23CCCC2CC1C3. The van der Waals surface area contributed by atoms with Crippen LogP contribution in [0.25, 0.3) is 0 Å². The van der Waals surface area contributed by atoms with E-state index in [9.17, 15) is 5.11 Å². The summed E-state index contributed by atoms with van der Waals surface area (Å²) in [6, 6.07) is 0. The van der Waals surface area contributed by atoms with Gasteiger partial charge in [-0.25, -0.2) is 0 Å². The van der Waals surface area contributed by atoms with Crippen LogP contribution in [-0.4, -0.2) is 11.2 Å². The average Bonchev–Trinajstić information content (AvgIpc) is 2.49. The maximum absolute atomic E-state index is 9.66. The monoisotopic (exact) mass is 152 g/mol. The first-order valence-corrected chi connectivity index (χ1v) is 4.98. The van der Waals surface area contributed by atoms with E-state index in [2.05, 4.69) is 0 Å². The van der Waals surface area contributed by atoms with Gasteiger partial charge < -0.3 is 5.11 Å². The number of hydrogen-bond acceptors (Lipinski definition) is 1. The second-order valence-electron chi connectivity index (χ2n) is 4.92. The second-order valence-corrected chi connectivity index (χ2v) is 4.92. The zero-order chi connectivity index (χ0) is 7.47.